The van der Waals surface area contributed by atoms with Crippen molar-refractivity contribution in [3.05, 3.63) is 23.5 Å². The Bertz CT molecular complexity index is 821. The first-order chi connectivity index (χ1) is 12.5. The summed E-state index contributed by atoms with van der Waals surface area (Å²) in [5.74, 6) is 0.985. The van der Waals surface area contributed by atoms with E-state index < -0.39 is 0 Å². The number of fused-ring (bicyclic) bond motifs is 1. The van der Waals surface area contributed by atoms with Crippen molar-refractivity contribution in [3.8, 4) is 0 Å². The number of carbonyl (C=O) groups excluding carboxylic acids is 1. The fourth-order valence-electron chi connectivity index (χ4n) is 3.97. The first-order valence-electron chi connectivity index (χ1n) is 9.88. The van der Waals surface area contributed by atoms with E-state index in [4.69, 9.17) is 10.7 Å². The van der Waals surface area contributed by atoms with Gasteiger partial charge in [-0.05, 0) is 58.4 Å². The molecule has 2 aromatic heterocycles. The maximum Gasteiger partial charge on any atom is 0.254 e. The normalized spacial score (nSPS) is 22.2. The summed E-state index contributed by atoms with van der Waals surface area (Å²) < 4.78 is 1.93. The van der Waals surface area contributed by atoms with Crippen molar-refractivity contribution in [1.29, 1.82) is 0 Å². The molecule has 1 aliphatic heterocycles. The van der Waals surface area contributed by atoms with E-state index in [0.29, 0.717) is 11.8 Å². The molecule has 2 aromatic rings. The van der Waals surface area contributed by atoms with E-state index in [-0.39, 0.29) is 18.0 Å². The number of nitrogens with two attached hydrogens (primary N) is 1. The number of piperidine rings is 1. The van der Waals surface area contributed by atoms with Crippen LogP contribution in [0.5, 0.6) is 0 Å². The third kappa shape index (κ3) is 3.11. The van der Waals surface area contributed by atoms with Gasteiger partial charge in [0.05, 0.1) is 17.1 Å². The molecule has 140 valence electrons. The second kappa shape index (κ2) is 6.65. The fraction of sp³-hybridized carbons (Fsp3) is 0.650. The topological polar surface area (TPSA) is 77.0 Å². The van der Waals surface area contributed by atoms with Crippen LogP contribution in [0, 0.1) is 5.92 Å². The summed E-state index contributed by atoms with van der Waals surface area (Å²) in [5, 5.41) is 5.38. The maximum absolute atomic E-state index is 13.4. The highest BCUT2D eigenvalue weighted by molar-refractivity contribution is 6.05. The van der Waals surface area contributed by atoms with E-state index in [1.54, 1.807) is 6.20 Å². The first kappa shape index (κ1) is 17.5. The Morgan fingerprint density at radius 1 is 1.27 bits per heavy atom. The van der Waals surface area contributed by atoms with Crippen LogP contribution in [-0.4, -0.2) is 44.7 Å². The molecule has 1 saturated carbocycles. The second-order valence-corrected chi connectivity index (χ2v) is 8.30. The van der Waals surface area contributed by atoms with E-state index in [1.165, 1.54) is 12.8 Å². The van der Waals surface area contributed by atoms with Crippen molar-refractivity contribution in [2.24, 2.45) is 11.7 Å². The monoisotopic (exact) mass is 355 g/mol. The molecule has 0 bridgehead atoms. The van der Waals surface area contributed by atoms with Crippen molar-refractivity contribution in [2.45, 2.75) is 64.5 Å². The van der Waals surface area contributed by atoms with Crippen LogP contribution in [0.4, 0.5) is 0 Å². The zero-order valence-corrected chi connectivity index (χ0v) is 16.0. The highest BCUT2D eigenvalue weighted by Crippen LogP contribution is 2.40. The third-order valence-electron chi connectivity index (χ3n) is 5.79. The van der Waals surface area contributed by atoms with Gasteiger partial charge in [0, 0.05) is 36.8 Å². The van der Waals surface area contributed by atoms with E-state index in [0.717, 1.165) is 48.2 Å². The molecule has 2 fully saturated rings. The minimum absolute atomic E-state index is 0.105. The number of carbonyl (C=O) groups is 1. The van der Waals surface area contributed by atoms with Gasteiger partial charge in [-0.25, -0.2) is 9.67 Å². The average Bonchev–Trinajstić information content (AvgIpc) is 3.39. The number of rotatable bonds is 4. The average molecular weight is 355 g/mol. The number of likely N-dealkylation sites (tertiary alicyclic amines) is 1. The van der Waals surface area contributed by atoms with Crippen LogP contribution in [0.1, 0.15) is 74.5 Å². The van der Waals surface area contributed by atoms with Crippen molar-refractivity contribution >= 4 is 16.9 Å². The lowest BCUT2D eigenvalue weighted by Crippen LogP contribution is -2.45. The number of nitrogens with zero attached hydrogens (tertiary/aromatic N) is 4. The molecule has 1 amide bonds. The lowest BCUT2D eigenvalue weighted by atomic mass is 9.91. The van der Waals surface area contributed by atoms with Gasteiger partial charge in [-0.15, -0.1) is 0 Å². The zero-order chi connectivity index (χ0) is 18.4. The molecule has 6 heteroatoms. The number of hydrogen-bond donors (Lipinski definition) is 1. The van der Waals surface area contributed by atoms with Crippen molar-refractivity contribution in [2.75, 3.05) is 13.1 Å². The summed E-state index contributed by atoms with van der Waals surface area (Å²) in [6.07, 6.45) is 6.26. The lowest BCUT2D eigenvalue weighted by molar-refractivity contribution is 0.0663. The second-order valence-electron chi connectivity index (χ2n) is 8.30. The molecule has 0 radical (unpaired) electrons. The van der Waals surface area contributed by atoms with Gasteiger partial charge in [-0.3, -0.25) is 4.79 Å². The highest BCUT2D eigenvalue weighted by atomic mass is 16.2. The molecule has 6 nitrogen and oxygen atoms in total. The lowest BCUT2D eigenvalue weighted by Gasteiger charge is -2.34. The SMILES string of the molecule is CC(C)n1ncc2c(C(=O)N3CCC[C@@H]([C@H](C)N)C3)cc(C3CC3)nc21. The van der Waals surface area contributed by atoms with Crippen LogP contribution < -0.4 is 5.73 Å². The molecule has 1 aliphatic carbocycles. The summed E-state index contributed by atoms with van der Waals surface area (Å²) in [7, 11) is 0. The summed E-state index contributed by atoms with van der Waals surface area (Å²) >= 11 is 0. The van der Waals surface area contributed by atoms with Gasteiger partial charge >= 0.3 is 0 Å². The number of aromatic nitrogens is 3. The summed E-state index contributed by atoms with van der Waals surface area (Å²) in [6.45, 7) is 7.79. The van der Waals surface area contributed by atoms with Crippen molar-refractivity contribution < 1.29 is 4.79 Å². The molecule has 1 saturated heterocycles. The summed E-state index contributed by atoms with van der Waals surface area (Å²) in [6, 6.07) is 2.35. The van der Waals surface area contributed by atoms with Gasteiger partial charge in [-0.2, -0.15) is 5.10 Å². The minimum Gasteiger partial charge on any atom is -0.338 e. The molecule has 0 spiro atoms. The molecular formula is C20H29N5O. The summed E-state index contributed by atoms with van der Waals surface area (Å²) in [4.78, 5) is 20.2. The van der Waals surface area contributed by atoms with Crippen LogP contribution in [0.3, 0.4) is 0 Å². The van der Waals surface area contributed by atoms with Gasteiger partial charge in [-0.1, -0.05) is 0 Å². The molecular weight excluding hydrogens is 326 g/mol. The Morgan fingerprint density at radius 2 is 2.04 bits per heavy atom. The smallest absolute Gasteiger partial charge is 0.254 e. The number of amides is 1. The van der Waals surface area contributed by atoms with Crippen LogP contribution in [-0.2, 0) is 0 Å². The van der Waals surface area contributed by atoms with E-state index >= 15 is 0 Å². The van der Waals surface area contributed by atoms with Crippen LogP contribution in [0.15, 0.2) is 12.3 Å². The zero-order valence-electron chi connectivity index (χ0n) is 16.0. The Balaban J connectivity index is 1.74. The third-order valence-corrected chi connectivity index (χ3v) is 5.79. The molecule has 2 atom stereocenters. The predicted octanol–water partition coefficient (Wildman–Crippen LogP) is 3.09. The molecule has 0 unspecified atom stereocenters. The van der Waals surface area contributed by atoms with Gasteiger partial charge in [0.25, 0.3) is 5.91 Å². The molecule has 2 aliphatic rings. The maximum atomic E-state index is 13.4. The predicted molar refractivity (Wildman–Crippen MR) is 102 cm³/mol. The van der Waals surface area contributed by atoms with Gasteiger partial charge in [0.15, 0.2) is 5.65 Å². The largest absolute Gasteiger partial charge is 0.338 e. The van der Waals surface area contributed by atoms with Crippen molar-refractivity contribution in [3.63, 3.8) is 0 Å². The molecule has 26 heavy (non-hydrogen) atoms. The highest BCUT2D eigenvalue weighted by Gasteiger charge is 2.31. The molecule has 3 heterocycles. The van der Waals surface area contributed by atoms with Gasteiger partial charge < -0.3 is 10.6 Å². The van der Waals surface area contributed by atoms with E-state index in [2.05, 4.69) is 18.9 Å². The number of hydrogen-bond acceptors (Lipinski definition) is 4. The quantitative estimate of drug-likeness (QED) is 0.914. The standard InChI is InChI=1S/C20H29N5O/c1-12(2)25-19-17(10-22-25)16(9-18(23-19)14-6-7-14)20(26)24-8-4-5-15(11-24)13(3)21/h9-10,12-15H,4-8,11,21H2,1-3H3/t13-,15+/m0/s1. The molecule has 0 aromatic carbocycles. The van der Waals surface area contributed by atoms with Crippen molar-refractivity contribution in [1.82, 2.24) is 19.7 Å². The Labute approximate surface area is 154 Å². The van der Waals surface area contributed by atoms with Crippen LogP contribution in [0.2, 0.25) is 0 Å². The Kier molecular flexibility index (Phi) is 4.47. The van der Waals surface area contributed by atoms with Gasteiger partial charge in [0.2, 0.25) is 0 Å². The first-order valence-corrected chi connectivity index (χ1v) is 9.88. The van der Waals surface area contributed by atoms with Crippen LogP contribution in [0.25, 0.3) is 11.0 Å². The minimum atomic E-state index is 0.105. The molecule has 4 rings (SSSR count). The molecule has 2 N–H and O–H groups in total. The fourth-order valence-corrected chi connectivity index (χ4v) is 3.97. The number of pyridine rings is 1. The Hall–Kier alpha value is -1.95. The van der Waals surface area contributed by atoms with Crippen LogP contribution >= 0.6 is 0 Å². The Morgan fingerprint density at radius 3 is 2.69 bits per heavy atom. The van der Waals surface area contributed by atoms with Gasteiger partial charge in [0.1, 0.15) is 0 Å². The summed E-state index contributed by atoms with van der Waals surface area (Å²) in [5.41, 5.74) is 8.75. The van der Waals surface area contributed by atoms with E-state index in [9.17, 15) is 4.79 Å². The van der Waals surface area contributed by atoms with E-state index in [1.807, 2.05) is 22.6 Å².